The summed E-state index contributed by atoms with van der Waals surface area (Å²) in [7, 11) is -4.64. The zero-order chi connectivity index (χ0) is 35.6. The zero-order valence-corrected chi connectivity index (χ0v) is 26.4. The second-order valence-electron chi connectivity index (χ2n) is 12.5. The number of aliphatic hydroxyl groups is 1. The predicted molar refractivity (Wildman–Crippen MR) is 161 cm³/mol. The van der Waals surface area contributed by atoms with Gasteiger partial charge in [-0.3, -0.25) is 13.9 Å². The minimum Gasteiger partial charge on any atom is -0.369 e. The van der Waals surface area contributed by atoms with Crippen molar-refractivity contribution < 1.29 is 53.8 Å². The van der Waals surface area contributed by atoms with Gasteiger partial charge < -0.3 is 15.3 Å². The lowest BCUT2D eigenvalue weighted by Crippen LogP contribution is -2.57. The summed E-state index contributed by atoms with van der Waals surface area (Å²) in [4.78, 5) is 27.3. The Morgan fingerprint density at radius 1 is 0.918 bits per heavy atom. The molecule has 1 atom stereocenters. The number of amides is 2. The summed E-state index contributed by atoms with van der Waals surface area (Å²) in [6.45, 7) is 0.441. The van der Waals surface area contributed by atoms with Crippen LogP contribution in [0.5, 0.6) is 0 Å². The number of sulfonamides is 1. The van der Waals surface area contributed by atoms with Crippen LogP contribution in [0.3, 0.4) is 0 Å². The molecule has 6 rings (SSSR count). The molecule has 0 radical (unpaired) electrons. The standard InChI is InChI=1S/C33H30F7N3O5S/c34-23-7-10-25(11-8-23)49(47,48)43-24(9-5-21-17-22(6-12-27(21)43)31(46,32(35,36)37)33(38,39)40)19-29(45)42-15-13-30(14-16-42)26-4-2-1-3-20(26)18-28(44)41-30/h1-4,6-8,10-12,17,24,46H,5,9,13-16,18-19H2,(H,41,44)/t24-/m0/s1. The summed E-state index contributed by atoms with van der Waals surface area (Å²) in [5, 5.41) is 13.0. The molecule has 262 valence electrons. The van der Waals surface area contributed by atoms with Crippen LogP contribution in [0.1, 0.15) is 47.9 Å². The lowest BCUT2D eigenvalue weighted by molar-refractivity contribution is -0.376. The largest absolute Gasteiger partial charge is 0.430 e. The fourth-order valence-corrected chi connectivity index (χ4v) is 8.85. The molecule has 3 aliphatic heterocycles. The van der Waals surface area contributed by atoms with Gasteiger partial charge in [-0.2, -0.15) is 26.3 Å². The number of nitrogens with zero attached hydrogens (tertiary/aromatic N) is 2. The van der Waals surface area contributed by atoms with Crippen LogP contribution >= 0.6 is 0 Å². The maximum atomic E-state index is 14.0. The van der Waals surface area contributed by atoms with Crippen LogP contribution in [0, 0.1) is 5.82 Å². The third-order valence-electron chi connectivity index (χ3n) is 9.65. The van der Waals surface area contributed by atoms with E-state index in [0.29, 0.717) is 25.0 Å². The molecule has 2 N–H and O–H groups in total. The summed E-state index contributed by atoms with van der Waals surface area (Å²) >= 11 is 0. The van der Waals surface area contributed by atoms with E-state index in [2.05, 4.69) is 5.32 Å². The summed E-state index contributed by atoms with van der Waals surface area (Å²) in [5.41, 5.74) is -6.11. The second kappa shape index (κ2) is 12.0. The molecule has 1 spiro atoms. The number of halogens is 7. The number of carbonyl (C=O) groups excluding carboxylic acids is 2. The Morgan fingerprint density at radius 3 is 2.18 bits per heavy atom. The number of anilines is 1. The number of hydrogen-bond donors (Lipinski definition) is 2. The van der Waals surface area contributed by atoms with Crippen LogP contribution in [0.25, 0.3) is 0 Å². The first kappa shape index (κ1) is 34.7. The van der Waals surface area contributed by atoms with E-state index in [1.165, 1.54) is 4.90 Å². The molecule has 16 heteroatoms. The molecule has 49 heavy (non-hydrogen) atoms. The topological polar surface area (TPSA) is 107 Å². The number of carbonyl (C=O) groups is 2. The molecule has 3 heterocycles. The van der Waals surface area contributed by atoms with E-state index in [1.807, 2.05) is 24.3 Å². The first-order valence-corrected chi connectivity index (χ1v) is 16.8. The molecule has 3 aliphatic rings. The maximum absolute atomic E-state index is 14.0. The Kier molecular flexibility index (Phi) is 8.49. The number of fused-ring (bicyclic) bond motifs is 3. The summed E-state index contributed by atoms with van der Waals surface area (Å²) in [5.74, 6) is -1.35. The Labute approximate surface area is 276 Å². The van der Waals surface area contributed by atoms with Gasteiger partial charge in [-0.05, 0) is 72.7 Å². The van der Waals surface area contributed by atoms with E-state index < -0.39 is 61.7 Å². The third kappa shape index (κ3) is 5.92. The molecular weight excluding hydrogens is 683 g/mol. The number of likely N-dealkylation sites (tertiary alicyclic amines) is 1. The van der Waals surface area contributed by atoms with Gasteiger partial charge in [0.2, 0.25) is 11.8 Å². The fraction of sp³-hybridized carbons (Fsp3) is 0.394. The van der Waals surface area contributed by atoms with E-state index in [9.17, 15) is 53.8 Å². The van der Waals surface area contributed by atoms with Crippen molar-refractivity contribution in [2.75, 3.05) is 17.4 Å². The number of hydrogen-bond acceptors (Lipinski definition) is 5. The van der Waals surface area contributed by atoms with Gasteiger partial charge in [-0.15, -0.1) is 0 Å². The minimum absolute atomic E-state index is 0.145. The Hall–Kier alpha value is -4.18. The van der Waals surface area contributed by atoms with Gasteiger partial charge in [-0.1, -0.05) is 36.4 Å². The van der Waals surface area contributed by atoms with E-state index in [-0.39, 0.29) is 55.9 Å². The first-order valence-electron chi connectivity index (χ1n) is 15.3. The predicted octanol–water partition coefficient (Wildman–Crippen LogP) is 5.23. The van der Waals surface area contributed by atoms with Crippen molar-refractivity contribution in [3.8, 4) is 0 Å². The number of nitrogens with one attached hydrogen (secondary N) is 1. The van der Waals surface area contributed by atoms with Crippen molar-refractivity contribution in [2.45, 2.75) is 73.0 Å². The lowest BCUT2D eigenvalue weighted by atomic mass is 9.75. The molecule has 1 fully saturated rings. The molecule has 2 amide bonds. The van der Waals surface area contributed by atoms with Crippen molar-refractivity contribution in [3.63, 3.8) is 0 Å². The van der Waals surface area contributed by atoms with Crippen LogP contribution in [0.4, 0.5) is 36.4 Å². The van der Waals surface area contributed by atoms with Gasteiger partial charge >= 0.3 is 12.4 Å². The summed E-state index contributed by atoms with van der Waals surface area (Å²) < 4.78 is 124. The summed E-state index contributed by atoms with van der Waals surface area (Å²) in [6, 6.07) is 11.6. The van der Waals surface area contributed by atoms with Crippen LogP contribution in [-0.4, -0.2) is 61.7 Å². The van der Waals surface area contributed by atoms with Crippen molar-refractivity contribution in [1.29, 1.82) is 0 Å². The second-order valence-corrected chi connectivity index (χ2v) is 14.4. The van der Waals surface area contributed by atoms with Gasteiger partial charge in [0.15, 0.2) is 0 Å². The molecule has 0 saturated carbocycles. The average Bonchev–Trinajstić information content (AvgIpc) is 3.03. The van der Waals surface area contributed by atoms with E-state index >= 15 is 0 Å². The highest BCUT2D eigenvalue weighted by molar-refractivity contribution is 7.92. The van der Waals surface area contributed by atoms with Crippen LogP contribution < -0.4 is 9.62 Å². The van der Waals surface area contributed by atoms with E-state index in [0.717, 1.165) is 45.8 Å². The SMILES string of the molecule is O=C1Cc2ccccc2C2(CCN(C(=O)C[C@@H]3CCc4cc(C(O)(C(F)(F)F)C(F)(F)F)ccc4N3S(=O)(=O)c3ccc(F)cc3)CC2)N1. The quantitative estimate of drug-likeness (QED) is 0.353. The van der Waals surface area contributed by atoms with Crippen LogP contribution in [0.15, 0.2) is 71.6 Å². The average molecular weight is 714 g/mol. The number of aryl methyl sites for hydroxylation is 1. The molecular formula is C33H30F7N3O5S. The van der Waals surface area contributed by atoms with Crippen molar-refractivity contribution >= 4 is 27.5 Å². The van der Waals surface area contributed by atoms with E-state index in [4.69, 9.17) is 0 Å². The number of alkyl halides is 6. The molecule has 3 aromatic rings. The minimum atomic E-state index is -6.15. The molecule has 0 bridgehead atoms. The highest BCUT2D eigenvalue weighted by Crippen LogP contribution is 2.51. The highest BCUT2D eigenvalue weighted by Gasteiger charge is 2.71. The fourth-order valence-electron chi connectivity index (χ4n) is 7.14. The lowest BCUT2D eigenvalue weighted by Gasteiger charge is -2.46. The number of benzene rings is 3. The van der Waals surface area contributed by atoms with Crippen molar-refractivity contribution in [2.24, 2.45) is 0 Å². The Balaban J connectivity index is 1.31. The molecule has 0 aliphatic carbocycles. The van der Waals surface area contributed by atoms with Gasteiger partial charge in [0.25, 0.3) is 15.6 Å². The Bertz CT molecular complexity index is 1880. The van der Waals surface area contributed by atoms with Gasteiger partial charge in [0.1, 0.15) is 5.82 Å². The monoisotopic (exact) mass is 713 g/mol. The van der Waals surface area contributed by atoms with Gasteiger partial charge in [-0.25, -0.2) is 12.8 Å². The Morgan fingerprint density at radius 2 is 1.55 bits per heavy atom. The maximum Gasteiger partial charge on any atom is 0.430 e. The van der Waals surface area contributed by atoms with Crippen molar-refractivity contribution in [3.05, 3.63) is 94.8 Å². The highest BCUT2D eigenvalue weighted by atomic mass is 32.2. The molecule has 1 saturated heterocycles. The third-order valence-corrected chi connectivity index (χ3v) is 11.5. The number of rotatable bonds is 5. The van der Waals surface area contributed by atoms with Crippen LogP contribution in [-0.2, 0) is 43.6 Å². The molecule has 0 aromatic heterocycles. The molecule has 8 nitrogen and oxygen atoms in total. The zero-order valence-electron chi connectivity index (χ0n) is 25.6. The molecule has 0 unspecified atom stereocenters. The normalized spacial score (nSPS) is 19.7. The summed E-state index contributed by atoms with van der Waals surface area (Å²) in [6.07, 6.45) is -12.1. The van der Waals surface area contributed by atoms with Crippen LogP contribution in [0.2, 0.25) is 0 Å². The van der Waals surface area contributed by atoms with Gasteiger partial charge in [0, 0.05) is 25.1 Å². The smallest absolute Gasteiger partial charge is 0.369 e. The first-order chi connectivity index (χ1) is 22.9. The van der Waals surface area contributed by atoms with Crippen molar-refractivity contribution in [1.82, 2.24) is 10.2 Å². The number of piperidine rings is 1. The van der Waals surface area contributed by atoms with E-state index in [1.54, 1.807) is 0 Å². The molecule has 3 aromatic carbocycles. The van der Waals surface area contributed by atoms with Gasteiger partial charge in [0.05, 0.1) is 28.6 Å².